The van der Waals surface area contributed by atoms with Gasteiger partial charge >= 0.3 is 12.1 Å². The minimum Gasteiger partial charge on any atom is -0.462 e. The van der Waals surface area contributed by atoms with Gasteiger partial charge in [-0.15, -0.1) is 0 Å². The highest BCUT2D eigenvalue weighted by molar-refractivity contribution is 5.94. The van der Waals surface area contributed by atoms with Gasteiger partial charge in [-0.2, -0.15) is 4.98 Å². The molecule has 1 aromatic rings. The van der Waals surface area contributed by atoms with E-state index in [0.717, 1.165) is 19.4 Å². The maximum absolute atomic E-state index is 12.3. The van der Waals surface area contributed by atoms with Crippen LogP contribution in [0.2, 0.25) is 0 Å². The maximum atomic E-state index is 12.3. The van der Waals surface area contributed by atoms with Gasteiger partial charge in [0.15, 0.2) is 0 Å². The topological polar surface area (TPSA) is 106 Å². The van der Waals surface area contributed by atoms with Crippen molar-refractivity contribution in [1.82, 2.24) is 14.9 Å². The van der Waals surface area contributed by atoms with E-state index in [4.69, 9.17) is 9.47 Å². The molecule has 0 aliphatic carbocycles. The van der Waals surface area contributed by atoms with Gasteiger partial charge in [-0.25, -0.2) is 14.6 Å². The van der Waals surface area contributed by atoms with Gasteiger partial charge in [-0.3, -0.25) is 0 Å². The Morgan fingerprint density at radius 2 is 2.07 bits per heavy atom. The number of nitrogens with zero attached hydrogens (tertiary/aromatic N) is 3. The van der Waals surface area contributed by atoms with Crippen LogP contribution in [0.25, 0.3) is 0 Å². The van der Waals surface area contributed by atoms with Crippen molar-refractivity contribution in [2.45, 2.75) is 59.1 Å². The summed E-state index contributed by atoms with van der Waals surface area (Å²) in [6, 6.07) is -0.0466. The highest BCUT2D eigenvalue weighted by Crippen LogP contribution is 2.21. The van der Waals surface area contributed by atoms with Crippen LogP contribution in [0.15, 0.2) is 6.20 Å². The molecular weight excluding hydrogens is 362 g/mol. The number of anilines is 2. The predicted octanol–water partition coefficient (Wildman–Crippen LogP) is 2.90. The molecule has 156 valence electrons. The third-order valence-corrected chi connectivity index (χ3v) is 4.00. The fraction of sp³-hybridized carbons (Fsp3) is 0.684. The molecule has 2 heterocycles. The van der Waals surface area contributed by atoms with Crippen LogP contribution in [0, 0.1) is 0 Å². The molecule has 1 fully saturated rings. The van der Waals surface area contributed by atoms with Crippen LogP contribution in [-0.2, 0) is 9.47 Å². The summed E-state index contributed by atoms with van der Waals surface area (Å²) in [4.78, 5) is 34.8. The van der Waals surface area contributed by atoms with Crippen LogP contribution in [0.1, 0.15) is 57.8 Å². The highest BCUT2D eigenvalue weighted by Gasteiger charge is 2.31. The number of rotatable bonds is 7. The second-order valence-electron chi connectivity index (χ2n) is 7.66. The normalized spacial score (nSPS) is 16.6. The Morgan fingerprint density at radius 1 is 1.32 bits per heavy atom. The van der Waals surface area contributed by atoms with Crippen LogP contribution in [0.4, 0.5) is 16.6 Å². The first-order chi connectivity index (χ1) is 13.2. The van der Waals surface area contributed by atoms with Gasteiger partial charge in [0.2, 0.25) is 5.95 Å². The van der Waals surface area contributed by atoms with E-state index in [0.29, 0.717) is 24.9 Å². The van der Waals surface area contributed by atoms with E-state index < -0.39 is 11.6 Å². The standard InChI is InChI=1S/C19H31N5O4/c1-6-9-20-17-21-11-14(16(25)27-7-2)15(23-17)22-13-8-10-24(12-13)18(26)28-19(3,4)5/h11,13H,6-10,12H2,1-5H3,(H2,20,21,22,23). The number of amides is 1. The number of ether oxygens (including phenoxy) is 2. The van der Waals surface area contributed by atoms with Crippen molar-refractivity contribution in [1.29, 1.82) is 0 Å². The summed E-state index contributed by atoms with van der Waals surface area (Å²) in [6.07, 6.45) is 2.78. The molecular formula is C19H31N5O4. The van der Waals surface area contributed by atoms with Gasteiger partial charge in [0.05, 0.1) is 6.61 Å². The first-order valence-electron chi connectivity index (χ1n) is 9.76. The Labute approximate surface area is 166 Å². The fourth-order valence-corrected chi connectivity index (χ4v) is 2.74. The summed E-state index contributed by atoms with van der Waals surface area (Å²) in [5.74, 6) is 0.372. The molecule has 0 spiro atoms. The number of nitrogens with one attached hydrogen (secondary N) is 2. The average molecular weight is 393 g/mol. The Morgan fingerprint density at radius 3 is 2.71 bits per heavy atom. The maximum Gasteiger partial charge on any atom is 0.410 e. The van der Waals surface area contributed by atoms with Gasteiger partial charge in [-0.05, 0) is 40.5 Å². The smallest absolute Gasteiger partial charge is 0.410 e. The average Bonchev–Trinajstić information content (AvgIpc) is 3.07. The van der Waals surface area contributed by atoms with Crippen LogP contribution in [-0.4, -0.2) is 64.8 Å². The number of esters is 1. The Hall–Kier alpha value is -2.58. The predicted molar refractivity (Wildman–Crippen MR) is 107 cm³/mol. The van der Waals surface area contributed by atoms with Crippen molar-refractivity contribution in [2.75, 3.05) is 36.9 Å². The van der Waals surface area contributed by atoms with E-state index in [-0.39, 0.29) is 24.3 Å². The largest absolute Gasteiger partial charge is 0.462 e. The molecule has 1 unspecified atom stereocenters. The lowest BCUT2D eigenvalue weighted by molar-refractivity contribution is 0.0293. The zero-order valence-corrected chi connectivity index (χ0v) is 17.4. The lowest BCUT2D eigenvalue weighted by Gasteiger charge is -2.24. The molecule has 28 heavy (non-hydrogen) atoms. The van der Waals surface area contributed by atoms with Crippen molar-refractivity contribution in [3.63, 3.8) is 0 Å². The molecule has 1 amide bonds. The lowest BCUT2D eigenvalue weighted by atomic mass is 10.2. The Balaban J connectivity index is 2.10. The minimum atomic E-state index is -0.536. The van der Waals surface area contributed by atoms with Crippen LogP contribution < -0.4 is 10.6 Å². The third kappa shape index (κ3) is 6.24. The molecule has 1 aromatic heterocycles. The van der Waals surface area contributed by atoms with Gasteiger partial charge < -0.3 is 25.0 Å². The van der Waals surface area contributed by atoms with E-state index in [1.807, 2.05) is 27.7 Å². The van der Waals surface area contributed by atoms with Gasteiger partial charge in [0.25, 0.3) is 0 Å². The van der Waals surface area contributed by atoms with Gasteiger partial charge in [0.1, 0.15) is 17.0 Å². The first-order valence-corrected chi connectivity index (χ1v) is 9.76. The summed E-state index contributed by atoms with van der Waals surface area (Å²) >= 11 is 0. The van der Waals surface area contributed by atoms with E-state index in [2.05, 4.69) is 20.6 Å². The van der Waals surface area contributed by atoms with E-state index in [1.165, 1.54) is 6.20 Å². The molecule has 0 saturated carbocycles. The third-order valence-electron chi connectivity index (χ3n) is 4.00. The number of carbonyl (C=O) groups excluding carboxylic acids is 2. The van der Waals surface area contributed by atoms with Crippen molar-refractivity contribution in [3.05, 3.63) is 11.8 Å². The SMILES string of the molecule is CCCNc1ncc(C(=O)OCC)c(NC2CCN(C(=O)OC(C)(C)C)C2)n1. The number of hydrogen-bond donors (Lipinski definition) is 2. The fourth-order valence-electron chi connectivity index (χ4n) is 2.74. The van der Waals surface area contributed by atoms with Crippen molar-refractivity contribution < 1.29 is 19.1 Å². The summed E-state index contributed by atoms with van der Waals surface area (Å²) in [7, 11) is 0. The zero-order chi connectivity index (χ0) is 20.7. The molecule has 0 bridgehead atoms. The Bertz CT molecular complexity index is 689. The van der Waals surface area contributed by atoms with Crippen molar-refractivity contribution in [2.24, 2.45) is 0 Å². The second-order valence-corrected chi connectivity index (χ2v) is 7.66. The van der Waals surface area contributed by atoms with Crippen LogP contribution in [0.3, 0.4) is 0 Å². The molecule has 1 saturated heterocycles. The highest BCUT2D eigenvalue weighted by atomic mass is 16.6. The Kier molecular flexibility index (Phi) is 7.42. The molecule has 0 aromatic carbocycles. The lowest BCUT2D eigenvalue weighted by Crippen LogP contribution is -2.36. The molecule has 1 atom stereocenters. The molecule has 9 heteroatoms. The number of aromatic nitrogens is 2. The summed E-state index contributed by atoms with van der Waals surface area (Å²) in [6.45, 7) is 11.4. The molecule has 1 aliphatic heterocycles. The monoisotopic (exact) mass is 393 g/mol. The second kappa shape index (κ2) is 9.57. The minimum absolute atomic E-state index is 0.0466. The van der Waals surface area contributed by atoms with Gasteiger partial charge in [-0.1, -0.05) is 6.92 Å². The quantitative estimate of drug-likeness (QED) is 0.681. The molecule has 9 nitrogen and oxygen atoms in total. The van der Waals surface area contributed by atoms with Gasteiger partial charge in [0, 0.05) is 31.9 Å². The number of likely N-dealkylation sites (tertiary alicyclic amines) is 1. The molecule has 2 N–H and O–H groups in total. The van der Waals surface area contributed by atoms with Crippen LogP contribution in [0.5, 0.6) is 0 Å². The summed E-state index contributed by atoms with van der Waals surface area (Å²) in [5.41, 5.74) is -0.258. The molecule has 1 aliphatic rings. The van der Waals surface area contributed by atoms with Crippen LogP contribution >= 0.6 is 0 Å². The molecule has 2 rings (SSSR count). The van der Waals surface area contributed by atoms with E-state index in [9.17, 15) is 9.59 Å². The number of hydrogen-bond acceptors (Lipinski definition) is 8. The molecule has 0 radical (unpaired) electrons. The van der Waals surface area contributed by atoms with E-state index >= 15 is 0 Å². The number of carbonyl (C=O) groups is 2. The summed E-state index contributed by atoms with van der Waals surface area (Å²) in [5, 5.41) is 6.38. The summed E-state index contributed by atoms with van der Waals surface area (Å²) < 4.78 is 10.5. The van der Waals surface area contributed by atoms with Crippen molar-refractivity contribution >= 4 is 23.8 Å². The van der Waals surface area contributed by atoms with Crippen molar-refractivity contribution in [3.8, 4) is 0 Å². The first kappa shape index (κ1) is 21.7. The zero-order valence-electron chi connectivity index (χ0n) is 17.4. The van der Waals surface area contributed by atoms with E-state index in [1.54, 1.807) is 11.8 Å².